The summed E-state index contributed by atoms with van der Waals surface area (Å²) in [6, 6.07) is 83.8. The molecule has 2 heteroatoms. The van der Waals surface area contributed by atoms with E-state index in [1.165, 1.54) is 65.7 Å². The molecule has 0 spiro atoms. The third-order valence-electron chi connectivity index (χ3n) is 11.6. The highest BCUT2D eigenvalue weighted by Gasteiger charge is 2.25. The molecule has 0 aliphatic heterocycles. The summed E-state index contributed by atoms with van der Waals surface area (Å²) in [7, 11) is 0. The minimum absolute atomic E-state index is 1.11. The number of benzene rings is 10. The van der Waals surface area contributed by atoms with E-state index in [1.807, 2.05) is 0 Å². The van der Waals surface area contributed by atoms with Crippen LogP contribution in [-0.4, -0.2) is 4.57 Å². The van der Waals surface area contributed by atoms with E-state index in [2.05, 4.69) is 240 Å². The van der Waals surface area contributed by atoms with Crippen molar-refractivity contribution in [3.8, 4) is 39.1 Å². The van der Waals surface area contributed by atoms with E-state index in [1.54, 1.807) is 0 Å². The fraction of sp³-hybridized carbons (Fsp3) is 0. The SMILES string of the molecule is c1ccc(-c2ccccc2N(c2ccccc2-c2cccc3ccccc23)c2cccc3c2c2ccccc2n3-c2ccccc2-c2ccc3ccccc3c2)cc1. The van der Waals surface area contributed by atoms with E-state index in [4.69, 9.17) is 0 Å². The van der Waals surface area contributed by atoms with E-state index in [0.717, 1.165) is 33.8 Å². The first-order chi connectivity index (χ1) is 28.8. The molecule has 10 aromatic carbocycles. The Hall–Kier alpha value is -7.68. The lowest BCUT2D eigenvalue weighted by atomic mass is 9.95. The molecule has 0 saturated heterocycles. The minimum Gasteiger partial charge on any atom is -0.309 e. The molecule has 1 heterocycles. The van der Waals surface area contributed by atoms with Gasteiger partial charge in [0.05, 0.1) is 33.8 Å². The van der Waals surface area contributed by atoms with E-state index in [9.17, 15) is 0 Å². The van der Waals surface area contributed by atoms with Crippen LogP contribution in [0.5, 0.6) is 0 Å². The number of aromatic nitrogens is 1. The molecule has 0 N–H and O–H groups in total. The maximum atomic E-state index is 2.51. The normalized spacial score (nSPS) is 11.4. The molecule has 0 atom stereocenters. The molecule has 0 aliphatic carbocycles. The van der Waals surface area contributed by atoms with Crippen molar-refractivity contribution in [2.75, 3.05) is 4.90 Å². The molecule has 0 unspecified atom stereocenters. The van der Waals surface area contributed by atoms with Gasteiger partial charge in [-0.2, -0.15) is 0 Å². The van der Waals surface area contributed by atoms with Crippen LogP contribution in [0.15, 0.2) is 231 Å². The summed E-state index contributed by atoms with van der Waals surface area (Å²) in [6.07, 6.45) is 0. The van der Waals surface area contributed by atoms with E-state index >= 15 is 0 Å². The fourth-order valence-corrected chi connectivity index (χ4v) is 8.99. The minimum atomic E-state index is 1.11. The second-order valence-electron chi connectivity index (χ2n) is 14.9. The summed E-state index contributed by atoms with van der Waals surface area (Å²) in [6.45, 7) is 0. The maximum absolute atomic E-state index is 2.51. The zero-order chi connectivity index (χ0) is 38.4. The Morgan fingerprint density at radius 3 is 1.69 bits per heavy atom. The quantitative estimate of drug-likeness (QED) is 0.158. The standard InChI is InChI=1S/C56H38N2/c1-2-19-41(20-3-1)45-25-8-12-30-50(45)57(52-32-14-10-27-48(52)47-29-16-23-40-21-6-7-24-44(40)47)54-34-17-35-55-56(54)49-28-11-15-33-53(49)58(55)51-31-13-9-26-46(51)43-37-36-39-18-4-5-22-42(39)38-43/h1-38H. The monoisotopic (exact) mass is 738 g/mol. The molecule has 1 aromatic heterocycles. The lowest BCUT2D eigenvalue weighted by molar-refractivity contribution is 1.18. The molecule has 0 bridgehead atoms. The van der Waals surface area contributed by atoms with E-state index in [0.29, 0.717) is 0 Å². The van der Waals surface area contributed by atoms with Gasteiger partial charge in [-0.25, -0.2) is 0 Å². The molecule has 272 valence electrons. The number of para-hydroxylation sites is 4. The molecule has 0 saturated carbocycles. The molecule has 0 amide bonds. The summed E-state index contributed by atoms with van der Waals surface area (Å²) in [5, 5.41) is 7.32. The Morgan fingerprint density at radius 2 is 0.845 bits per heavy atom. The van der Waals surface area contributed by atoms with Gasteiger partial charge in [0, 0.05) is 27.5 Å². The summed E-state index contributed by atoms with van der Waals surface area (Å²) in [5.41, 5.74) is 13.9. The predicted molar refractivity (Wildman–Crippen MR) is 247 cm³/mol. The highest BCUT2D eigenvalue weighted by atomic mass is 15.2. The van der Waals surface area contributed by atoms with Crippen LogP contribution in [0.2, 0.25) is 0 Å². The second-order valence-corrected chi connectivity index (χ2v) is 14.9. The van der Waals surface area contributed by atoms with Crippen LogP contribution in [0.1, 0.15) is 0 Å². The van der Waals surface area contributed by atoms with Gasteiger partial charge in [-0.3, -0.25) is 0 Å². The first-order valence-electron chi connectivity index (χ1n) is 19.9. The zero-order valence-corrected chi connectivity index (χ0v) is 31.8. The van der Waals surface area contributed by atoms with Crippen molar-refractivity contribution in [3.05, 3.63) is 231 Å². The molecule has 0 fully saturated rings. The number of hydrogen-bond acceptors (Lipinski definition) is 1. The van der Waals surface area contributed by atoms with Gasteiger partial charge in [-0.15, -0.1) is 0 Å². The van der Waals surface area contributed by atoms with Crippen LogP contribution < -0.4 is 4.90 Å². The summed E-state index contributed by atoms with van der Waals surface area (Å²) in [4.78, 5) is 2.51. The molecule has 58 heavy (non-hydrogen) atoms. The van der Waals surface area contributed by atoms with Gasteiger partial charge in [-0.1, -0.05) is 188 Å². The molecule has 11 rings (SSSR count). The molecule has 0 radical (unpaired) electrons. The van der Waals surface area contributed by atoms with E-state index < -0.39 is 0 Å². The van der Waals surface area contributed by atoms with Gasteiger partial charge < -0.3 is 9.47 Å². The summed E-state index contributed by atoms with van der Waals surface area (Å²) in [5.74, 6) is 0. The highest BCUT2D eigenvalue weighted by Crippen LogP contribution is 2.49. The number of hydrogen-bond donors (Lipinski definition) is 0. The lowest BCUT2D eigenvalue weighted by Crippen LogP contribution is -2.13. The highest BCUT2D eigenvalue weighted by molar-refractivity contribution is 6.18. The van der Waals surface area contributed by atoms with Crippen molar-refractivity contribution in [3.63, 3.8) is 0 Å². The molecule has 2 nitrogen and oxygen atoms in total. The van der Waals surface area contributed by atoms with Crippen LogP contribution in [0, 0.1) is 0 Å². The second kappa shape index (κ2) is 14.1. The fourth-order valence-electron chi connectivity index (χ4n) is 8.99. The third kappa shape index (κ3) is 5.57. The molecule has 11 aromatic rings. The van der Waals surface area contributed by atoms with Crippen molar-refractivity contribution in [1.82, 2.24) is 4.57 Å². The first kappa shape index (κ1) is 33.6. The molecular weight excluding hydrogens is 701 g/mol. The van der Waals surface area contributed by atoms with Gasteiger partial charge in [0.1, 0.15) is 0 Å². The van der Waals surface area contributed by atoms with Crippen LogP contribution in [0.3, 0.4) is 0 Å². The summed E-state index contributed by atoms with van der Waals surface area (Å²) < 4.78 is 2.47. The van der Waals surface area contributed by atoms with E-state index in [-0.39, 0.29) is 0 Å². The Kier molecular flexibility index (Phi) is 8.19. The van der Waals surface area contributed by atoms with Crippen molar-refractivity contribution < 1.29 is 0 Å². The van der Waals surface area contributed by atoms with Crippen LogP contribution in [0.25, 0.3) is 82.4 Å². The maximum Gasteiger partial charge on any atom is 0.0562 e. The number of anilines is 3. The topological polar surface area (TPSA) is 8.17 Å². The molecular formula is C56H38N2. The van der Waals surface area contributed by atoms with Gasteiger partial charge in [0.25, 0.3) is 0 Å². The van der Waals surface area contributed by atoms with Crippen LogP contribution >= 0.6 is 0 Å². The average molecular weight is 739 g/mol. The Bertz CT molecular complexity index is 3300. The number of fused-ring (bicyclic) bond motifs is 5. The van der Waals surface area contributed by atoms with Gasteiger partial charge in [0.2, 0.25) is 0 Å². The van der Waals surface area contributed by atoms with Crippen LogP contribution in [-0.2, 0) is 0 Å². The van der Waals surface area contributed by atoms with Gasteiger partial charge in [0.15, 0.2) is 0 Å². The van der Waals surface area contributed by atoms with Gasteiger partial charge >= 0.3 is 0 Å². The van der Waals surface area contributed by atoms with Crippen LogP contribution in [0.4, 0.5) is 17.1 Å². The third-order valence-corrected chi connectivity index (χ3v) is 11.6. The Balaban J connectivity index is 1.22. The van der Waals surface area contributed by atoms with Gasteiger partial charge in [-0.05, 0) is 80.7 Å². The largest absolute Gasteiger partial charge is 0.309 e. The van der Waals surface area contributed by atoms with Crippen molar-refractivity contribution in [1.29, 1.82) is 0 Å². The lowest BCUT2D eigenvalue weighted by Gasteiger charge is -2.31. The average Bonchev–Trinajstić information content (AvgIpc) is 3.64. The number of nitrogens with zero attached hydrogens (tertiary/aromatic N) is 2. The molecule has 0 aliphatic rings. The first-order valence-corrected chi connectivity index (χ1v) is 19.9. The predicted octanol–water partition coefficient (Wildman–Crippen LogP) is 15.6. The Labute approximate surface area is 338 Å². The smallest absolute Gasteiger partial charge is 0.0562 e. The van der Waals surface area contributed by atoms with Crippen molar-refractivity contribution >= 4 is 60.4 Å². The van der Waals surface area contributed by atoms with Crippen molar-refractivity contribution in [2.24, 2.45) is 0 Å². The van der Waals surface area contributed by atoms with Crippen molar-refractivity contribution in [2.45, 2.75) is 0 Å². The zero-order valence-electron chi connectivity index (χ0n) is 31.8. The Morgan fingerprint density at radius 1 is 0.293 bits per heavy atom. The summed E-state index contributed by atoms with van der Waals surface area (Å²) >= 11 is 0. The number of rotatable bonds is 7.